The Morgan fingerprint density at radius 1 is 1.00 bits per heavy atom. The van der Waals surface area contributed by atoms with E-state index >= 15 is 0 Å². The van der Waals surface area contributed by atoms with E-state index in [1.54, 1.807) is 18.2 Å². The van der Waals surface area contributed by atoms with Crippen LogP contribution in [0.3, 0.4) is 0 Å². The molecule has 1 heterocycles. The number of nitrogens with zero attached hydrogens (tertiary/aromatic N) is 1. The Bertz CT molecular complexity index is 1840. The van der Waals surface area contributed by atoms with Crippen LogP contribution in [0.1, 0.15) is 41.8 Å². The van der Waals surface area contributed by atoms with Crippen LogP contribution in [-0.4, -0.2) is 72.2 Å². The van der Waals surface area contributed by atoms with Crippen molar-refractivity contribution in [2.45, 2.75) is 37.0 Å². The van der Waals surface area contributed by atoms with Crippen LogP contribution in [0.2, 0.25) is 0 Å². The maximum Gasteiger partial charge on any atom is 0.425 e. The molecule has 0 fully saturated rings. The highest BCUT2D eigenvalue weighted by molar-refractivity contribution is 7.86. The molecule has 0 bridgehead atoms. The van der Waals surface area contributed by atoms with Gasteiger partial charge in [0.05, 0.1) is 26.0 Å². The van der Waals surface area contributed by atoms with E-state index in [0.717, 1.165) is 27.9 Å². The number of fused-ring (bicyclic) bond motifs is 3. The lowest BCUT2D eigenvalue weighted by molar-refractivity contribution is -0.438. The average Bonchev–Trinajstić information content (AvgIpc) is 3.04. The summed E-state index contributed by atoms with van der Waals surface area (Å²) in [5.74, 6) is -1.55. The summed E-state index contributed by atoms with van der Waals surface area (Å²) >= 11 is 0. The largest absolute Gasteiger partial charge is 0.748 e. The number of carboxylic acids is 1. The normalized spacial score (nSPS) is 16.8. The monoisotopic (exact) mass is 611 g/mol. The molecule has 0 radical (unpaired) electrons. The van der Waals surface area contributed by atoms with Crippen molar-refractivity contribution in [1.82, 2.24) is 0 Å². The van der Waals surface area contributed by atoms with Gasteiger partial charge in [-0.15, -0.1) is 12.6 Å². The van der Waals surface area contributed by atoms with Gasteiger partial charge in [-0.2, -0.15) is 13.0 Å². The highest BCUT2D eigenvalue weighted by Gasteiger charge is 2.47. The van der Waals surface area contributed by atoms with Crippen molar-refractivity contribution in [2.24, 2.45) is 0 Å². The predicted molar refractivity (Wildman–Crippen MR) is 143 cm³/mol. The van der Waals surface area contributed by atoms with E-state index in [2.05, 4.69) is 0 Å². The summed E-state index contributed by atoms with van der Waals surface area (Å²) in [5.41, 5.74) is 2.73. The zero-order valence-electron chi connectivity index (χ0n) is 21.3. The van der Waals surface area contributed by atoms with E-state index in [4.69, 9.17) is 12.6 Å². The van der Waals surface area contributed by atoms with Gasteiger partial charge in [0.15, 0.2) is 5.71 Å². The van der Waals surface area contributed by atoms with Gasteiger partial charge in [0.1, 0.15) is 6.54 Å². The van der Waals surface area contributed by atoms with Crippen molar-refractivity contribution in [2.75, 3.05) is 12.3 Å². The molecule has 1 atom stereocenters. The van der Waals surface area contributed by atoms with Crippen LogP contribution in [0.4, 0.5) is 5.69 Å². The first kappa shape index (κ1) is 31.0. The molecule has 4 rings (SSSR count). The number of rotatable bonds is 8. The molecule has 1 aliphatic rings. The number of hydrogen-bond donors (Lipinski definition) is 2. The molecule has 0 aromatic heterocycles. The van der Waals surface area contributed by atoms with Gasteiger partial charge >= 0.3 is 16.6 Å². The van der Waals surface area contributed by atoms with Gasteiger partial charge in [-0.3, -0.25) is 4.55 Å². The highest BCUT2D eigenvalue weighted by atomic mass is 32.2. The van der Waals surface area contributed by atoms with Gasteiger partial charge in [-0.1, -0.05) is 18.2 Å². The second kappa shape index (κ2) is 11.5. The van der Waals surface area contributed by atoms with Crippen molar-refractivity contribution < 1.29 is 53.0 Å². The zero-order chi connectivity index (χ0) is 30.0. The molecule has 3 aromatic rings. The summed E-state index contributed by atoms with van der Waals surface area (Å²) in [7, 11) is -12.0. The Labute approximate surface area is 232 Å². The topological polar surface area (TPSA) is 203 Å². The van der Waals surface area contributed by atoms with Crippen LogP contribution < -0.4 is 0 Å². The second-order valence-electron chi connectivity index (χ2n) is 9.39. The third-order valence-corrected chi connectivity index (χ3v) is 8.49. The van der Waals surface area contributed by atoms with Crippen molar-refractivity contribution >= 4 is 59.0 Å². The third kappa shape index (κ3) is 6.98. The Kier molecular flexibility index (Phi) is 8.96. The molecule has 15 heteroatoms. The Balaban J connectivity index is 0.00000103. The number of aromatic carboxylic acids is 1. The lowest BCUT2D eigenvalue weighted by Crippen LogP contribution is -2.33. The van der Waals surface area contributed by atoms with E-state index in [9.17, 15) is 35.8 Å². The van der Waals surface area contributed by atoms with Gasteiger partial charge in [0.25, 0.3) is 10.1 Å². The van der Waals surface area contributed by atoms with Crippen LogP contribution in [-0.2, 0) is 42.7 Å². The summed E-state index contributed by atoms with van der Waals surface area (Å²) in [4.78, 5) is 11.0. The minimum Gasteiger partial charge on any atom is -0.748 e. The Morgan fingerprint density at radius 3 is 2.10 bits per heavy atom. The molecule has 214 valence electrons. The van der Waals surface area contributed by atoms with Crippen LogP contribution in [0, 0.1) is 0 Å². The summed E-state index contributed by atoms with van der Waals surface area (Å²) in [6.07, 6.45) is 0.548. The average molecular weight is 612 g/mol. The first-order valence-corrected chi connectivity index (χ1v) is 15.6. The fourth-order valence-electron chi connectivity index (χ4n) is 4.99. The first-order chi connectivity index (χ1) is 18.4. The lowest BCUT2D eigenvalue weighted by Gasteiger charge is -2.24. The maximum atomic E-state index is 11.9. The molecule has 2 N–H and O–H groups in total. The quantitative estimate of drug-likeness (QED) is 0.279. The SMILES string of the molecule is CC1=[N+](CCCS(=O)(=O)[O-])c2ccc3ccc(S(=O)(=O)O)cc3c2C1(C)Cc1ccc(C(=O)O)cc1.O=S(=O)=O. The maximum absolute atomic E-state index is 11.9. The summed E-state index contributed by atoms with van der Waals surface area (Å²) in [5, 5.41) is 10.6. The second-order valence-corrected chi connectivity index (χ2v) is 12.7. The van der Waals surface area contributed by atoms with E-state index in [-0.39, 0.29) is 23.4 Å². The molecule has 0 saturated carbocycles. The third-order valence-electron chi connectivity index (χ3n) is 6.85. The predicted octanol–water partition coefficient (Wildman–Crippen LogP) is 2.33. The minimum atomic E-state index is -4.46. The van der Waals surface area contributed by atoms with E-state index in [0.29, 0.717) is 11.8 Å². The number of carbonyl (C=O) groups is 1. The fourth-order valence-corrected chi connectivity index (χ4v) is 5.98. The number of benzene rings is 3. The van der Waals surface area contributed by atoms with Crippen molar-refractivity contribution in [3.63, 3.8) is 0 Å². The number of carboxylic acid groups (broad SMARTS) is 1. The molecule has 1 aliphatic heterocycles. The van der Waals surface area contributed by atoms with Crippen molar-refractivity contribution in [3.8, 4) is 0 Å². The van der Waals surface area contributed by atoms with Crippen LogP contribution in [0.25, 0.3) is 10.8 Å². The molecule has 40 heavy (non-hydrogen) atoms. The van der Waals surface area contributed by atoms with Crippen molar-refractivity contribution in [1.29, 1.82) is 0 Å². The molecule has 1 unspecified atom stereocenters. The van der Waals surface area contributed by atoms with E-state index in [1.807, 2.05) is 30.6 Å². The molecular weight excluding hydrogens is 586 g/mol. The van der Waals surface area contributed by atoms with Crippen LogP contribution in [0.5, 0.6) is 0 Å². The van der Waals surface area contributed by atoms with E-state index < -0.39 is 48.0 Å². The van der Waals surface area contributed by atoms with Crippen molar-refractivity contribution in [3.05, 3.63) is 71.3 Å². The van der Waals surface area contributed by atoms with Gasteiger partial charge in [0.2, 0.25) is 5.69 Å². The molecule has 12 nitrogen and oxygen atoms in total. The molecule has 0 amide bonds. The van der Waals surface area contributed by atoms with Gasteiger partial charge in [0, 0.05) is 30.7 Å². The molecular formula is C25H25NO11S3. The Hall–Kier alpha value is -3.50. The standard InChI is InChI=1S/C25H25NO8S2.O3S/c1-16-25(2,15-17-4-6-19(7-5-17)24(27)28)23-21-14-20(36(32,33)34)10-8-18(21)9-11-22(23)26(16)12-3-13-35(29,30)31;1-4(2)3/h4-11,14H,3,12-13,15H2,1-2H3,(H2-,27,28,29,30,31,32,33,34);. The fraction of sp³-hybridized carbons (Fsp3) is 0.280. The smallest absolute Gasteiger partial charge is 0.425 e. The molecule has 0 saturated heterocycles. The van der Waals surface area contributed by atoms with Crippen LogP contribution in [0.15, 0.2) is 59.5 Å². The highest BCUT2D eigenvalue weighted by Crippen LogP contribution is 2.46. The first-order valence-electron chi connectivity index (χ1n) is 11.6. The van der Waals surface area contributed by atoms with E-state index in [1.165, 1.54) is 24.3 Å². The zero-order valence-corrected chi connectivity index (χ0v) is 23.7. The van der Waals surface area contributed by atoms with Gasteiger partial charge in [-0.05, 0) is 60.0 Å². The van der Waals surface area contributed by atoms with Gasteiger partial charge < -0.3 is 9.66 Å². The molecule has 3 aromatic carbocycles. The Morgan fingerprint density at radius 2 is 1.57 bits per heavy atom. The molecule has 0 spiro atoms. The van der Waals surface area contributed by atoms with Crippen LogP contribution >= 0.6 is 0 Å². The minimum absolute atomic E-state index is 0.106. The summed E-state index contributed by atoms with van der Waals surface area (Å²) < 4.78 is 94.2. The number of hydrogen-bond acceptors (Lipinski definition) is 9. The summed E-state index contributed by atoms with van der Waals surface area (Å²) in [6, 6.07) is 14.5. The molecule has 0 aliphatic carbocycles. The van der Waals surface area contributed by atoms with Gasteiger partial charge in [-0.25, -0.2) is 13.2 Å². The lowest BCUT2D eigenvalue weighted by atomic mass is 9.73. The summed E-state index contributed by atoms with van der Waals surface area (Å²) in [6.45, 7) is 4.14.